The average Bonchev–Trinajstić information content (AvgIpc) is 3.29. The second-order valence-electron chi connectivity index (χ2n) is 17.9. The summed E-state index contributed by atoms with van der Waals surface area (Å²) in [6, 6.07) is 0. The van der Waals surface area contributed by atoms with Crippen molar-refractivity contribution in [3.05, 3.63) is 48.6 Å². The normalized spacial score (nSPS) is 14.1. The van der Waals surface area contributed by atoms with Crippen LogP contribution in [-0.2, 0) is 27.9 Å². The number of allylic oxidation sites excluding steroid dienone is 8. The van der Waals surface area contributed by atoms with Crippen LogP contribution in [0, 0.1) is 0 Å². The molecule has 0 radical (unpaired) electrons. The van der Waals surface area contributed by atoms with E-state index in [1.165, 1.54) is 167 Å². The number of unbranched alkanes of at least 4 members (excludes halogenated alkanes) is 29. The molecule has 3 unspecified atom stereocenters. The largest absolute Gasteiger partial charge is 0.472 e. The molecular weight excluding hydrogens is 824 g/mol. The molecule has 0 aromatic carbocycles. The van der Waals surface area contributed by atoms with E-state index in [1.54, 1.807) is 0 Å². The van der Waals surface area contributed by atoms with Crippen LogP contribution in [0.15, 0.2) is 48.6 Å². The van der Waals surface area contributed by atoms with Crippen molar-refractivity contribution in [2.45, 2.75) is 257 Å². The van der Waals surface area contributed by atoms with Crippen molar-refractivity contribution in [1.29, 1.82) is 0 Å². The van der Waals surface area contributed by atoms with Gasteiger partial charge < -0.3 is 24.6 Å². The van der Waals surface area contributed by atoms with Crippen LogP contribution in [0.3, 0.4) is 0 Å². The molecule has 0 bridgehead atoms. The summed E-state index contributed by atoms with van der Waals surface area (Å²) in [4.78, 5) is 22.7. The van der Waals surface area contributed by atoms with Gasteiger partial charge in [-0.05, 0) is 77.0 Å². The molecule has 0 heterocycles. The van der Waals surface area contributed by atoms with E-state index >= 15 is 0 Å². The van der Waals surface area contributed by atoms with Crippen LogP contribution >= 0.6 is 7.82 Å². The first-order valence-electron chi connectivity index (χ1n) is 26.6. The van der Waals surface area contributed by atoms with E-state index in [1.807, 2.05) is 0 Å². The molecule has 3 atom stereocenters. The molecule has 64 heavy (non-hydrogen) atoms. The summed E-state index contributed by atoms with van der Waals surface area (Å²) >= 11 is 0. The molecule has 376 valence electrons. The maximum Gasteiger partial charge on any atom is 0.472 e. The molecule has 10 heteroatoms. The van der Waals surface area contributed by atoms with Crippen molar-refractivity contribution >= 4 is 13.8 Å². The summed E-state index contributed by atoms with van der Waals surface area (Å²) in [6.45, 7) is 3.51. The van der Waals surface area contributed by atoms with Gasteiger partial charge in [0.25, 0.3) is 0 Å². The Labute approximate surface area is 394 Å². The standard InChI is InChI=1S/C54H101O9P/c1-3-5-7-9-11-13-15-17-19-21-23-24-25-26-27-29-31-33-35-37-39-41-43-45-47-60-50-53(51-62-64(58,59)61-49-52(56)48-55)63-54(57)46-44-42-40-38-36-34-32-30-28-22-20-18-16-14-12-10-8-6-4-2/h12,14-15,17-18,20-21,23,52-53,55-56H,3-11,13,16,19,22,24-51H2,1-2H3,(H,58,59)/b14-12-,17-15-,20-18-,23-21-. The summed E-state index contributed by atoms with van der Waals surface area (Å²) in [6.07, 6.45) is 59.3. The highest BCUT2D eigenvalue weighted by Gasteiger charge is 2.26. The monoisotopic (exact) mass is 925 g/mol. The van der Waals surface area contributed by atoms with Crippen molar-refractivity contribution < 1.29 is 43.0 Å². The first-order chi connectivity index (χ1) is 31.3. The van der Waals surface area contributed by atoms with E-state index in [0.29, 0.717) is 6.61 Å². The highest BCUT2D eigenvalue weighted by molar-refractivity contribution is 7.47. The van der Waals surface area contributed by atoms with E-state index in [9.17, 15) is 19.4 Å². The molecule has 0 fully saturated rings. The maximum absolute atomic E-state index is 12.7. The topological polar surface area (TPSA) is 132 Å². The van der Waals surface area contributed by atoms with Crippen LogP contribution in [0.4, 0.5) is 0 Å². The van der Waals surface area contributed by atoms with Crippen molar-refractivity contribution in [1.82, 2.24) is 0 Å². The van der Waals surface area contributed by atoms with E-state index in [0.717, 1.165) is 57.8 Å². The fourth-order valence-electron chi connectivity index (χ4n) is 7.42. The SMILES string of the molecule is CCCCC/C=C\C/C=C\CCCCCCCCCCCC(=O)OC(COCCCCCCCCCCCCCC/C=C\C/C=C\CCCCCCC)COP(=O)(O)OCC(O)CO. The third-order valence-electron chi connectivity index (χ3n) is 11.5. The first-order valence-corrected chi connectivity index (χ1v) is 28.1. The molecule has 0 aromatic rings. The molecule has 0 aliphatic rings. The van der Waals surface area contributed by atoms with Crippen molar-refractivity contribution in [2.75, 3.05) is 33.0 Å². The van der Waals surface area contributed by atoms with Gasteiger partial charge in [0.15, 0.2) is 0 Å². The van der Waals surface area contributed by atoms with Crippen LogP contribution in [0.2, 0.25) is 0 Å². The second-order valence-corrected chi connectivity index (χ2v) is 19.3. The van der Waals surface area contributed by atoms with Gasteiger partial charge in [-0.25, -0.2) is 4.57 Å². The lowest BCUT2D eigenvalue weighted by atomic mass is 10.0. The number of phosphoric ester groups is 1. The number of aliphatic hydroxyl groups is 2. The van der Waals surface area contributed by atoms with Gasteiger partial charge in [-0.2, -0.15) is 0 Å². The molecule has 0 spiro atoms. The smallest absolute Gasteiger partial charge is 0.457 e. The number of aliphatic hydroxyl groups excluding tert-OH is 2. The van der Waals surface area contributed by atoms with Gasteiger partial charge in [0.05, 0.1) is 26.4 Å². The average molecular weight is 925 g/mol. The van der Waals surface area contributed by atoms with Gasteiger partial charge >= 0.3 is 13.8 Å². The fraction of sp³-hybridized carbons (Fsp3) is 0.833. The lowest BCUT2D eigenvalue weighted by Crippen LogP contribution is -2.29. The second kappa shape index (κ2) is 50.8. The molecular formula is C54H101O9P. The summed E-state index contributed by atoms with van der Waals surface area (Å²) in [5, 5.41) is 18.4. The summed E-state index contributed by atoms with van der Waals surface area (Å²) in [5.74, 6) is -0.385. The number of ether oxygens (including phenoxy) is 2. The van der Waals surface area contributed by atoms with Crippen LogP contribution < -0.4 is 0 Å². The van der Waals surface area contributed by atoms with E-state index in [4.69, 9.17) is 23.6 Å². The molecule has 0 rings (SSSR count). The predicted octanol–water partition coefficient (Wildman–Crippen LogP) is 15.7. The molecule has 0 amide bonds. The lowest BCUT2D eigenvalue weighted by Gasteiger charge is -2.20. The molecule has 0 aliphatic carbocycles. The number of hydrogen-bond acceptors (Lipinski definition) is 8. The Morgan fingerprint density at radius 1 is 0.484 bits per heavy atom. The molecule has 0 saturated carbocycles. The van der Waals surface area contributed by atoms with E-state index in [2.05, 4.69) is 62.5 Å². The summed E-state index contributed by atoms with van der Waals surface area (Å²) < 4.78 is 33.6. The quantitative estimate of drug-likeness (QED) is 0.0236. The Bertz CT molecular complexity index is 1140. The number of rotatable bonds is 51. The van der Waals surface area contributed by atoms with Crippen LogP contribution in [-0.4, -0.2) is 66.3 Å². The molecule has 0 aromatic heterocycles. The van der Waals surface area contributed by atoms with Gasteiger partial charge in [0.1, 0.15) is 12.2 Å². The number of esters is 1. The van der Waals surface area contributed by atoms with E-state index in [-0.39, 0.29) is 25.6 Å². The first kappa shape index (κ1) is 62.4. The number of carbonyl (C=O) groups is 1. The van der Waals surface area contributed by atoms with Gasteiger partial charge in [0, 0.05) is 13.0 Å². The number of carbonyl (C=O) groups excluding carboxylic acids is 1. The van der Waals surface area contributed by atoms with Gasteiger partial charge in [-0.3, -0.25) is 13.8 Å². The zero-order valence-corrected chi connectivity index (χ0v) is 42.4. The van der Waals surface area contributed by atoms with Crippen LogP contribution in [0.1, 0.15) is 245 Å². The van der Waals surface area contributed by atoms with Crippen LogP contribution in [0.5, 0.6) is 0 Å². The highest BCUT2D eigenvalue weighted by Crippen LogP contribution is 2.43. The third-order valence-corrected chi connectivity index (χ3v) is 12.4. The van der Waals surface area contributed by atoms with Gasteiger partial charge in [-0.1, -0.05) is 210 Å². The van der Waals surface area contributed by atoms with Gasteiger partial charge in [0.2, 0.25) is 0 Å². The van der Waals surface area contributed by atoms with Crippen molar-refractivity contribution in [3.63, 3.8) is 0 Å². The minimum absolute atomic E-state index is 0.0471. The Hall–Kier alpha value is -1.58. The Kier molecular flexibility index (Phi) is 49.6. The number of hydrogen-bond donors (Lipinski definition) is 3. The predicted molar refractivity (Wildman–Crippen MR) is 270 cm³/mol. The zero-order chi connectivity index (χ0) is 46.7. The van der Waals surface area contributed by atoms with Gasteiger partial charge in [-0.15, -0.1) is 0 Å². The highest BCUT2D eigenvalue weighted by atomic mass is 31.2. The minimum atomic E-state index is -4.53. The Morgan fingerprint density at radius 3 is 1.28 bits per heavy atom. The van der Waals surface area contributed by atoms with Crippen molar-refractivity contribution in [2.24, 2.45) is 0 Å². The molecule has 3 N–H and O–H groups in total. The number of phosphoric acid groups is 1. The summed E-state index contributed by atoms with van der Waals surface area (Å²) in [5.41, 5.74) is 0. The Balaban J connectivity index is 4.04. The van der Waals surface area contributed by atoms with Crippen molar-refractivity contribution in [3.8, 4) is 0 Å². The maximum atomic E-state index is 12.7. The third kappa shape index (κ3) is 49.8. The molecule has 0 saturated heterocycles. The Morgan fingerprint density at radius 2 is 0.844 bits per heavy atom. The fourth-order valence-corrected chi connectivity index (χ4v) is 8.21. The molecule has 9 nitrogen and oxygen atoms in total. The zero-order valence-electron chi connectivity index (χ0n) is 41.5. The van der Waals surface area contributed by atoms with Crippen LogP contribution in [0.25, 0.3) is 0 Å². The lowest BCUT2D eigenvalue weighted by molar-refractivity contribution is -0.154. The minimum Gasteiger partial charge on any atom is -0.457 e. The molecule has 0 aliphatic heterocycles. The summed E-state index contributed by atoms with van der Waals surface area (Å²) in [7, 11) is -4.53. The van der Waals surface area contributed by atoms with E-state index < -0.39 is 33.2 Å².